The molecular weight excluding hydrogens is 334 g/mol. The van der Waals surface area contributed by atoms with Gasteiger partial charge in [0.15, 0.2) is 0 Å². The van der Waals surface area contributed by atoms with E-state index in [1.54, 1.807) is 0 Å². The average Bonchev–Trinajstić information content (AvgIpc) is 2.81. The molecule has 1 saturated heterocycles. The van der Waals surface area contributed by atoms with Crippen molar-refractivity contribution in [1.29, 1.82) is 0 Å². The van der Waals surface area contributed by atoms with E-state index in [1.807, 2.05) is 41.5 Å². The normalized spacial score (nSPS) is 28.2. The smallest absolute Gasteiger partial charge is 0.326 e. The molecule has 0 spiro atoms. The molecule has 26 heavy (non-hydrogen) atoms. The molecule has 3 N–H and O–H groups in total. The summed E-state index contributed by atoms with van der Waals surface area (Å²) in [6.07, 6.45) is 0. The highest BCUT2D eigenvalue weighted by Gasteiger charge is 2.70. The molecule has 0 aromatic rings. The first kappa shape index (κ1) is 20.5. The van der Waals surface area contributed by atoms with E-state index in [1.165, 1.54) is 4.90 Å². The average molecular weight is 367 g/mol. The molecule has 0 radical (unpaired) electrons. The van der Waals surface area contributed by atoms with Crippen LogP contribution >= 0.6 is 0 Å². The predicted octanol–water partition coefficient (Wildman–Crippen LogP) is 2.07. The van der Waals surface area contributed by atoms with Crippen molar-refractivity contribution in [2.45, 2.75) is 73.0 Å². The van der Waals surface area contributed by atoms with Crippen LogP contribution in [0.4, 0.5) is 4.79 Å². The number of amides is 3. The molecule has 7 nitrogen and oxygen atoms in total. The summed E-state index contributed by atoms with van der Waals surface area (Å²) in [4.78, 5) is 38.8. The van der Waals surface area contributed by atoms with Gasteiger partial charge in [-0.1, -0.05) is 34.6 Å². The topological polar surface area (TPSA) is 98.7 Å². The van der Waals surface area contributed by atoms with Gasteiger partial charge in [-0.05, 0) is 37.5 Å². The van der Waals surface area contributed by atoms with E-state index in [0.717, 1.165) is 0 Å². The summed E-state index contributed by atoms with van der Waals surface area (Å²) >= 11 is 0. The number of nitrogens with one attached hydrogen (secondary N) is 2. The number of carbonyl (C=O) groups is 3. The van der Waals surface area contributed by atoms with Crippen molar-refractivity contribution in [3.8, 4) is 0 Å². The van der Waals surface area contributed by atoms with Crippen molar-refractivity contribution in [3.05, 3.63) is 0 Å². The zero-order chi connectivity index (χ0) is 20.2. The molecule has 1 aliphatic heterocycles. The largest absolute Gasteiger partial charge is 0.480 e. The van der Waals surface area contributed by atoms with Crippen LogP contribution in [0.5, 0.6) is 0 Å². The third-order valence-corrected chi connectivity index (χ3v) is 5.62. The maximum absolute atomic E-state index is 13.2. The van der Waals surface area contributed by atoms with Crippen molar-refractivity contribution in [2.75, 3.05) is 6.54 Å². The molecule has 2 aliphatic rings. The molecule has 3 amide bonds. The Morgan fingerprint density at radius 2 is 1.65 bits per heavy atom. The van der Waals surface area contributed by atoms with Crippen LogP contribution in [0.2, 0.25) is 0 Å². The highest BCUT2D eigenvalue weighted by Crippen LogP contribution is 2.64. The van der Waals surface area contributed by atoms with Crippen LogP contribution in [0.25, 0.3) is 0 Å². The standard InChI is InChI=1S/C19H33N3O4/c1-17(2,3)13(20-16(26)21-18(4,5)6)14(23)22-9-10-11(19(10,7)8)12(22)15(24)25/h10-13H,9H2,1-8H3,(H,24,25)(H2,20,21,26)/t10?,11-,12-,13?/m0/s1. The van der Waals surface area contributed by atoms with Gasteiger partial charge in [0.05, 0.1) is 0 Å². The summed E-state index contributed by atoms with van der Waals surface area (Å²) in [7, 11) is 0. The van der Waals surface area contributed by atoms with Gasteiger partial charge in [0.25, 0.3) is 0 Å². The number of hydrogen-bond acceptors (Lipinski definition) is 3. The van der Waals surface area contributed by atoms with Crippen molar-refractivity contribution in [1.82, 2.24) is 15.5 Å². The molecule has 0 aromatic carbocycles. The molecule has 1 aliphatic carbocycles. The Labute approximate surface area is 155 Å². The second-order valence-corrected chi connectivity index (χ2v) is 10.4. The number of hydrogen-bond donors (Lipinski definition) is 3. The number of likely N-dealkylation sites (tertiary alicyclic amines) is 1. The van der Waals surface area contributed by atoms with Gasteiger partial charge in [0.2, 0.25) is 5.91 Å². The molecule has 1 saturated carbocycles. The Bertz CT molecular complexity index is 615. The van der Waals surface area contributed by atoms with Crippen molar-refractivity contribution >= 4 is 17.9 Å². The van der Waals surface area contributed by atoms with Crippen LogP contribution < -0.4 is 10.6 Å². The van der Waals surface area contributed by atoms with Crippen LogP contribution in [0, 0.1) is 22.7 Å². The molecule has 2 fully saturated rings. The molecular formula is C19H33N3O4. The van der Waals surface area contributed by atoms with Gasteiger partial charge in [-0.15, -0.1) is 0 Å². The van der Waals surface area contributed by atoms with Gasteiger partial charge < -0.3 is 20.6 Å². The summed E-state index contributed by atoms with van der Waals surface area (Å²) in [6.45, 7) is 15.7. The van der Waals surface area contributed by atoms with Gasteiger partial charge in [0.1, 0.15) is 12.1 Å². The summed E-state index contributed by atoms with van der Waals surface area (Å²) in [6, 6.07) is -2.05. The highest BCUT2D eigenvalue weighted by molar-refractivity contribution is 5.92. The number of carbonyl (C=O) groups excluding carboxylic acids is 2. The highest BCUT2D eigenvalue weighted by atomic mass is 16.4. The monoisotopic (exact) mass is 367 g/mol. The number of piperidine rings is 1. The Hall–Kier alpha value is -1.79. The fraction of sp³-hybridized carbons (Fsp3) is 0.842. The molecule has 2 unspecified atom stereocenters. The Kier molecular flexibility index (Phi) is 4.84. The summed E-state index contributed by atoms with van der Waals surface area (Å²) in [5, 5.41) is 15.2. The first-order chi connectivity index (χ1) is 11.6. The van der Waals surface area contributed by atoms with E-state index in [0.29, 0.717) is 6.54 Å². The molecule has 7 heteroatoms. The fourth-order valence-electron chi connectivity index (χ4n) is 4.12. The van der Waals surface area contributed by atoms with E-state index in [-0.39, 0.29) is 23.2 Å². The number of aliphatic carboxylic acids is 1. The van der Waals surface area contributed by atoms with Crippen LogP contribution in [-0.4, -0.2) is 52.1 Å². The van der Waals surface area contributed by atoms with E-state index in [2.05, 4.69) is 24.5 Å². The molecule has 2 rings (SSSR count). The second-order valence-electron chi connectivity index (χ2n) is 10.4. The number of fused-ring (bicyclic) bond motifs is 1. The number of urea groups is 1. The number of carboxylic acid groups (broad SMARTS) is 1. The lowest BCUT2D eigenvalue weighted by Crippen LogP contribution is -2.60. The van der Waals surface area contributed by atoms with Gasteiger partial charge in [0, 0.05) is 18.0 Å². The van der Waals surface area contributed by atoms with Gasteiger partial charge in [-0.25, -0.2) is 9.59 Å². The SMILES string of the molecule is CC(C)(C)NC(=O)NC(C(=O)N1CC2[C@@H]([C@H]1C(=O)O)C2(C)C)C(C)(C)C. The minimum Gasteiger partial charge on any atom is -0.480 e. The summed E-state index contributed by atoms with van der Waals surface area (Å²) < 4.78 is 0. The molecule has 0 aromatic heterocycles. The van der Waals surface area contributed by atoms with Gasteiger partial charge >= 0.3 is 12.0 Å². The fourth-order valence-corrected chi connectivity index (χ4v) is 4.12. The van der Waals surface area contributed by atoms with Crippen molar-refractivity contribution in [2.24, 2.45) is 22.7 Å². The van der Waals surface area contributed by atoms with E-state index >= 15 is 0 Å². The lowest BCUT2D eigenvalue weighted by atomic mass is 9.85. The van der Waals surface area contributed by atoms with E-state index < -0.39 is 35.0 Å². The zero-order valence-electron chi connectivity index (χ0n) is 17.1. The number of carboxylic acids is 1. The second kappa shape index (κ2) is 6.13. The van der Waals surface area contributed by atoms with Crippen LogP contribution in [-0.2, 0) is 9.59 Å². The Morgan fingerprint density at radius 1 is 1.12 bits per heavy atom. The lowest BCUT2D eigenvalue weighted by molar-refractivity contribution is -0.152. The maximum Gasteiger partial charge on any atom is 0.326 e. The minimum atomic E-state index is -0.969. The molecule has 148 valence electrons. The maximum atomic E-state index is 13.2. The van der Waals surface area contributed by atoms with Crippen molar-refractivity contribution in [3.63, 3.8) is 0 Å². The summed E-state index contributed by atoms with van der Waals surface area (Å²) in [5.74, 6) is -1.11. The van der Waals surface area contributed by atoms with Crippen LogP contribution in [0.15, 0.2) is 0 Å². The van der Waals surface area contributed by atoms with Crippen LogP contribution in [0.1, 0.15) is 55.4 Å². The first-order valence-electron chi connectivity index (χ1n) is 9.19. The minimum absolute atomic E-state index is 0.0204. The molecule has 0 bridgehead atoms. The number of rotatable bonds is 3. The van der Waals surface area contributed by atoms with Gasteiger partial charge in [-0.2, -0.15) is 0 Å². The van der Waals surface area contributed by atoms with Crippen molar-refractivity contribution < 1.29 is 19.5 Å². The zero-order valence-corrected chi connectivity index (χ0v) is 17.1. The van der Waals surface area contributed by atoms with E-state index in [9.17, 15) is 19.5 Å². The lowest BCUT2D eigenvalue weighted by Gasteiger charge is -2.37. The Morgan fingerprint density at radius 3 is 2.08 bits per heavy atom. The molecule has 1 heterocycles. The Balaban J connectivity index is 2.20. The quantitative estimate of drug-likeness (QED) is 0.711. The molecule has 4 atom stereocenters. The van der Waals surface area contributed by atoms with Gasteiger partial charge in [-0.3, -0.25) is 4.79 Å². The third kappa shape index (κ3) is 3.81. The van der Waals surface area contributed by atoms with E-state index in [4.69, 9.17) is 0 Å². The first-order valence-corrected chi connectivity index (χ1v) is 9.19. The number of nitrogens with zero attached hydrogens (tertiary/aromatic N) is 1. The third-order valence-electron chi connectivity index (χ3n) is 5.62. The predicted molar refractivity (Wildman–Crippen MR) is 98.6 cm³/mol. The van der Waals surface area contributed by atoms with Crippen LogP contribution in [0.3, 0.4) is 0 Å². The summed E-state index contributed by atoms with van der Waals surface area (Å²) in [5.41, 5.74) is -1.02.